The van der Waals surface area contributed by atoms with Crippen LogP contribution in [0.3, 0.4) is 0 Å². The molecule has 0 aromatic heterocycles. The van der Waals surface area contributed by atoms with Crippen molar-refractivity contribution in [2.75, 3.05) is 38.8 Å². The third kappa shape index (κ3) is 6.96. The molecule has 1 aromatic carbocycles. The van der Waals surface area contributed by atoms with Crippen molar-refractivity contribution >= 4 is 45.6 Å². The second-order valence-electron chi connectivity index (χ2n) is 4.22. The van der Waals surface area contributed by atoms with Gasteiger partial charge >= 0.3 is 0 Å². The summed E-state index contributed by atoms with van der Waals surface area (Å²) in [5.41, 5.74) is 6.42. The zero-order chi connectivity index (χ0) is 15.2. The minimum Gasteiger partial charge on any atom is -0.497 e. The molecule has 1 aromatic rings. The van der Waals surface area contributed by atoms with E-state index >= 15 is 0 Å². The molecule has 3 N–H and O–H groups in total. The van der Waals surface area contributed by atoms with Gasteiger partial charge in [0, 0.05) is 25.8 Å². The van der Waals surface area contributed by atoms with Crippen LogP contribution in [0.25, 0.3) is 0 Å². The van der Waals surface area contributed by atoms with E-state index in [2.05, 4.69) is 10.3 Å². The number of sulfonamides is 1. The molecule has 0 saturated carbocycles. The smallest absolute Gasteiger partial charge is 0.215 e. The van der Waals surface area contributed by atoms with Crippen LogP contribution < -0.4 is 15.8 Å². The number of ether oxygens (including phenoxy) is 1. The number of methoxy groups -OCH3 is 1. The normalized spacial score (nSPS) is 11.9. The van der Waals surface area contributed by atoms with Crippen molar-refractivity contribution in [3.8, 4) is 5.75 Å². The average Bonchev–Trinajstić information content (AvgIpc) is 2.38. The van der Waals surface area contributed by atoms with Crippen molar-refractivity contribution in [3.05, 3.63) is 24.3 Å². The molecule has 120 valence electrons. The van der Waals surface area contributed by atoms with E-state index in [1.807, 2.05) is 18.2 Å². The zero-order valence-corrected chi connectivity index (χ0v) is 15.4. The zero-order valence-electron chi connectivity index (χ0n) is 12.2. The monoisotopic (exact) mass is 428 g/mol. The number of nitrogens with zero attached hydrogens (tertiary/aromatic N) is 2. The van der Waals surface area contributed by atoms with Gasteiger partial charge in [-0.15, -0.1) is 24.0 Å². The van der Waals surface area contributed by atoms with Gasteiger partial charge < -0.3 is 15.8 Å². The van der Waals surface area contributed by atoms with Crippen LogP contribution in [0.5, 0.6) is 5.75 Å². The second-order valence-corrected chi connectivity index (χ2v) is 6.52. The predicted molar refractivity (Wildman–Crippen MR) is 96.0 cm³/mol. The van der Waals surface area contributed by atoms with Crippen LogP contribution in [-0.4, -0.2) is 52.2 Å². The lowest BCUT2D eigenvalue weighted by Crippen LogP contribution is -2.28. The predicted octanol–water partition coefficient (Wildman–Crippen LogP) is 0.931. The summed E-state index contributed by atoms with van der Waals surface area (Å²) in [4.78, 5) is 3.98. The number of nitrogens with one attached hydrogen (secondary N) is 1. The lowest BCUT2D eigenvalue weighted by atomic mass is 10.3. The quantitative estimate of drug-likeness (QED) is 0.399. The Labute approximate surface area is 142 Å². The molecule has 0 spiro atoms. The molecule has 0 saturated heterocycles. The molecule has 0 heterocycles. The minimum atomic E-state index is -3.25. The third-order valence-electron chi connectivity index (χ3n) is 2.53. The number of hydrogen-bond donors (Lipinski definition) is 2. The van der Waals surface area contributed by atoms with Crippen molar-refractivity contribution in [2.45, 2.75) is 0 Å². The highest BCUT2D eigenvalue weighted by molar-refractivity contribution is 14.0. The molecule has 0 aliphatic heterocycles. The van der Waals surface area contributed by atoms with Crippen molar-refractivity contribution in [1.29, 1.82) is 0 Å². The van der Waals surface area contributed by atoms with Crippen LogP contribution >= 0.6 is 24.0 Å². The maximum Gasteiger partial charge on any atom is 0.215 e. The van der Waals surface area contributed by atoms with Gasteiger partial charge in [-0.3, -0.25) is 4.99 Å². The minimum absolute atomic E-state index is 0. The van der Waals surface area contributed by atoms with Gasteiger partial charge in [0.2, 0.25) is 10.0 Å². The first kappa shape index (κ1) is 19.9. The average molecular weight is 428 g/mol. The van der Waals surface area contributed by atoms with Gasteiger partial charge in [0.05, 0.1) is 19.4 Å². The van der Waals surface area contributed by atoms with Crippen LogP contribution in [0.4, 0.5) is 5.69 Å². The molecule has 0 unspecified atom stereocenters. The van der Waals surface area contributed by atoms with Crippen LogP contribution in [-0.2, 0) is 10.0 Å². The molecule has 21 heavy (non-hydrogen) atoms. The van der Waals surface area contributed by atoms with Gasteiger partial charge in [0.1, 0.15) is 5.75 Å². The number of hydrogen-bond acceptors (Lipinski definition) is 4. The van der Waals surface area contributed by atoms with Crippen LogP contribution in [0.2, 0.25) is 0 Å². The molecule has 0 bridgehead atoms. The number of benzene rings is 1. The summed E-state index contributed by atoms with van der Waals surface area (Å²) in [6, 6.07) is 7.19. The Balaban J connectivity index is 0.00000400. The van der Waals surface area contributed by atoms with E-state index < -0.39 is 10.0 Å². The van der Waals surface area contributed by atoms with Crippen molar-refractivity contribution in [1.82, 2.24) is 4.31 Å². The summed E-state index contributed by atoms with van der Waals surface area (Å²) in [5, 5.41) is 2.87. The largest absolute Gasteiger partial charge is 0.497 e. The summed E-state index contributed by atoms with van der Waals surface area (Å²) in [6.07, 6.45) is 0. The van der Waals surface area contributed by atoms with E-state index in [0.717, 1.165) is 9.99 Å². The van der Waals surface area contributed by atoms with Crippen molar-refractivity contribution in [3.63, 3.8) is 0 Å². The number of halogens is 1. The molecule has 0 atom stereocenters. The molecule has 0 amide bonds. The number of guanidine groups is 1. The van der Waals surface area contributed by atoms with E-state index in [4.69, 9.17) is 10.5 Å². The van der Waals surface area contributed by atoms with Crippen LogP contribution in [0, 0.1) is 0 Å². The van der Waals surface area contributed by atoms with Gasteiger partial charge in [-0.25, -0.2) is 12.7 Å². The molecule has 7 nitrogen and oxygen atoms in total. The van der Waals surface area contributed by atoms with Gasteiger partial charge in [-0.05, 0) is 12.1 Å². The van der Waals surface area contributed by atoms with E-state index in [-0.39, 0.29) is 42.2 Å². The third-order valence-corrected chi connectivity index (χ3v) is 4.34. The first-order valence-corrected chi connectivity index (χ1v) is 7.57. The highest BCUT2D eigenvalue weighted by atomic mass is 127. The lowest BCUT2D eigenvalue weighted by Gasteiger charge is -2.10. The van der Waals surface area contributed by atoms with Gasteiger partial charge in [-0.2, -0.15) is 0 Å². The van der Waals surface area contributed by atoms with E-state index in [1.165, 1.54) is 14.1 Å². The standard InChI is InChI=1S/C12H20N4O3S.HI/c1-16(2)20(17,18)8-7-14-12(13)15-10-5-4-6-11(9-10)19-3;/h4-6,9H,7-8H2,1-3H3,(H3,13,14,15);1H. The molecule has 1 rings (SSSR count). The van der Waals surface area contributed by atoms with E-state index in [1.54, 1.807) is 13.2 Å². The summed E-state index contributed by atoms with van der Waals surface area (Å²) in [7, 11) is 1.28. The summed E-state index contributed by atoms with van der Waals surface area (Å²) in [6.45, 7) is 0.101. The molecule has 0 radical (unpaired) electrons. The fourth-order valence-corrected chi connectivity index (χ4v) is 2.04. The van der Waals surface area contributed by atoms with E-state index in [9.17, 15) is 8.42 Å². The number of anilines is 1. The topological polar surface area (TPSA) is 97.0 Å². The highest BCUT2D eigenvalue weighted by Crippen LogP contribution is 2.16. The van der Waals surface area contributed by atoms with Crippen LogP contribution in [0.15, 0.2) is 29.3 Å². The molecular formula is C12H21IN4O3S. The Morgan fingerprint density at radius 1 is 1.43 bits per heavy atom. The number of nitrogens with two attached hydrogens (primary N) is 1. The fraction of sp³-hybridized carbons (Fsp3) is 0.417. The molecule has 0 aliphatic carbocycles. The van der Waals surface area contributed by atoms with Crippen LogP contribution in [0.1, 0.15) is 0 Å². The molecule has 9 heteroatoms. The summed E-state index contributed by atoms with van der Waals surface area (Å²) >= 11 is 0. The Morgan fingerprint density at radius 2 is 2.10 bits per heavy atom. The molecular weight excluding hydrogens is 407 g/mol. The van der Waals surface area contributed by atoms with Gasteiger partial charge in [0.25, 0.3) is 0 Å². The lowest BCUT2D eigenvalue weighted by molar-refractivity contribution is 0.415. The van der Waals surface area contributed by atoms with Crippen molar-refractivity contribution < 1.29 is 13.2 Å². The second kappa shape index (κ2) is 9.05. The first-order valence-electron chi connectivity index (χ1n) is 5.96. The maximum absolute atomic E-state index is 11.5. The summed E-state index contributed by atoms with van der Waals surface area (Å²) in [5.74, 6) is 0.769. The van der Waals surface area contributed by atoms with E-state index in [0.29, 0.717) is 5.75 Å². The summed E-state index contributed by atoms with van der Waals surface area (Å²) < 4.78 is 29.3. The molecule has 0 fully saturated rings. The number of aliphatic imine (C=N–C) groups is 1. The number of rotatable bonds is 6. The maximum atomic E-state index is 11.5. The molecule has 0 aliphatic rings. The van der Waals surface area contributed by atoms with Gasteiger partial charge in [-0.1, -0.05) is 6.07 Å². The fourth-order valence-electron chi connectivity index (χ4n) is 1.35. The Morgan fingerprint density at radius 3 is 2.67 bits per heavy atom. The Kier molecular flexibility index (Phi) is 8.59. The van der Waals surface area contributed by atoms with Gasteiger partial charge in [0.15, 0.2) is 5.96 Å². The Bertz CT molecular complexity index is 576. The SMILES string of the molecule is COc1cccc(NC(N)=NCCS(=O)(=O)N(C)C)c1.I. The first-order chi connectivity index (χ1) is 9.35. The Hall–Kier alpha value is -1.07. The van der Waals surface area contributed by atoms with Crippen molar-refractivity contribution in [2.24, 2.45) is 10.7 Å². The highest BCUT2D eigenvalue weighted by Gasteiger charge is 2.12.